The summed E-state index contributed by atoms with van der Waals surface area (Å²) >= 11 is 7.44. The van der Waals surface area contributed by atoms with Gasteiger partial charge in [0.15, 0.2) is 0 Å². The molecule has 0 radical (unpaired) electrons. The summed E-state index contributed by atoms with van der Waals surface area (Å²) in [5.74, 6) is -0.234. The second kappa shape index (κ2) is 5.04. The maximum absolute atomic E-state index is 12.1. The molecular formula is C12H12ClN3OS. The van der Waals surface area contributed by atoms with E-state index in [4.69, 9.17) is 11.6 Å². The highest BCUT2D eigenvalue weighted by Gasteiger charge is 2.26. The highest BCUT2D eigenvalue weighted by Crippen LogP contribution is 2.23. The highest BCUT2D eigenvalue weighted by atomic mass is 35.5. The third-order valence-corrected chi connectivity index (χ3v) is 3.81. The Labute approximate surface area is 114 Å². The van der Waals surface area contributed by atoms with Crippen LogP contribution in [0.25, 0.3) is 0 Å². The molecule has 0 bridgehead atoms. The summed E-state index contributed by atoms with van der Waals surface area (Å²) in [6.45, 7) is 3.80. The average molecular weight is 282 g/mol. The molecule has 94 valence electrons. The largest absolute Gasteiger partial charge is 0.341 e. The van der Waals surface area contributed by atoms with Gasteiger partial charge in [-0.05, 0) is 19.9 Å². The van der Waals surface area contributed by atoms with Crippen molar-refractivity contribution in [3.8, 4) is 0 Å². The van der Waals surface area contributed by atoms with Crippen LogP contribution in [-0.4, -0.2) is 15.9 Å². The molecule has 0 saturated carbocycles. The topological polar surface area (TPSA) is 54.9 Å². The molecule has 4 nitrogen and oxygen atoms in total. The van der Waals surface area contributed by atoms with Gasteiger partial charge in [-0.3, -0.25) is 9.78 Å². The molecule has 18 heavy (non-hydrogen) atoms. The molecular weight excluding hydrogens is 270 g/mol. The molecule has 0 fully saturated rings. The van der Waals surface area contributed by atoms with Gasteiger partial charge in [-0.15, -0.1) is 11.3 Å². The molecule has 2 aromatic rings. The zero-order valence-electron chi connectivity index (χ0n) is 9.98. The fraction of sp³-hybridized carbons (Fsp3) is 0.250. The molecule has 0 spiro atoms. The summed E-state index contributed by atoms with van der Waals surface area (Å²) in [4.78, 5) is 20.2. The minimum Gasteiger partial charge on any atom is -0.341 e. The number of hydrogen-bond donors (Lipinski definition) is 1. The number of nitrogens with one attached hydrogen (secondary N) is 1. The zero-order valence-corrected chi connectivity index (χ0v) is 11.5. The van der Waals surface area contributed by atoms with E-state index in [2.05, 4.69) is 15.3 Å². The molecule has 2 heterocycles. The van der Waals surface area contributed by atoms with E-state index in [0.29, 0.717) is 10.6 Å². The Hall–Kier alpha value is -1.46. The number of pyridine rings is 1. The number of amides is 1. The molecule has 2 rings (SSSR count). The van der Waals surface area contributed by atoms with Gasteiger partial charge in [0.05, 0.1) is 16.1 Å². The van der Waals surface area contributed by atoms with Gasteiger partial charge in [-0.2, -0.15) is 0 Å². The van der Waals surface area contributed by atoms with Crippen LogP contribution in [0.3, 0.4) is 0 Å². The SMILES string of the molecule is CC(C)(NC(=O)c1ccncc1Cl)c1nccs1. The van der Waals surface area contributed by atoms with Crippen LogP contribution in [0.2, 0.25) is 5.02 Å². The first-order valence-corrected chi connectivity index (χ1v) is 6.58. The van der Waals surface area contributed by atoms with Gasteiger partial charge in [-0.25, -0.2) is 4.98 Å². The number of carbonyl (C=O) groups is 1. The summed E-state index contributed by atoms with van der Waals surface area (Å²) < 4.78 is 0. The quantitative estimate of drug-likeness (QED) is 0.941. The maximum atomic E-state index is 12.1. The van der Waals surface area contributed by atoms with E-state index >= 15 is 0 Å². The average Bonchev–Trinajstić information content (AvgIpc) is 2.82. The van der Waals surface area contributed by atoms with Gasteiger partial charge in [0, 0.05) is 24.0 Å². The van der Waals surface area contributed by atoms with Crippen molar-refractivity contribution >= 4 is 28.8 Å². The van der Waals surface area contributed by atoms with Crippen LogP contribution in [0.5, 0.6) is 0 Å². The molecule has 0 unspecified atom stereocenters. The van der Waals surface area contributed by atoms with Crippen LogP contribution in [-0.2, 0) is 5.54 Å². The van der Waals surface area contributed by atoms with Crippen molar-refractivity contribution in [3.63, 3.8) is 0 Å². The Morgan fingerprint density at radius 1 is 1.44 bits per heavy atom. The lowest BCUT2D eigenvalue weighted by molar-refractivity contribution is 0.0912. The van der Waals surface area contributed by atoms with Crippen molar-refractivity contribution in [2.24, 2.45) is 0 Å². The number of rotatable bonds is 3. The maximum Gasteiger partial charge on any atom is 0.253 e. The second-order valence-corrected chi connectivity index (χ2v) is 5.57. The normalized spacial score (nSPS) is 11.3. The van der Waals surface area contributed by atoms with E-state index < -0.39 is 5.54 Å². The standard InChI is InChI=1S/C12H12ClN3OS/c1-12(2,11-15-5-6-18-11)16-10(17)8-3-4-14-7-9(8)13/h3-7H,1-2H3,(H,16,17). The molecule has 6 heteroatoms. The van der Waals surface area contributed by atoms with Gasteiger partial charge >= 0.3 is 0 Å². The number of nitrogens with zero attached hydrogens (tertiary/aromatic N) is 2. The van der Waals surface area contributed by atoms with Gasteiger partial charge in [0.25, 0.3) is 5.91 Å². The summed E-state index contributed by atoms with van der Waals surface area (Å²) in [6, 6.07) is 1.59. The van der Waals surface area contributed by atoms with Crippen LogP contribution >= 0.6 is 22.9 Å². The fourth-order valence-electron chi connectivity index (χ4n) is 1.50. The van der Waals surface area contributed by atoms with Crippen molar-refractivity contribution in [2.75, 3.05) is 0 Å². The lowest BCUT2D eigenvalue weighted by atomic mass is 10.1. The Bertz CT molecular complexity index is 554. The Morgan fingerprint density at radius 3 is 2.83 bits per heavy atom. The Morgan fingerprint density at radius 2 is 2.22 bits per heavy atom. The fourth-order valence-corrected chi connectivity index (χ4v) is 2.42. The van der Waals surface area contributed by atoms with E-state index in [1.165, 1.54) is 23.7 Å². The molecule has 0 aliphatic heterocycles. The van der Waals surface area contributed by atoms with E-state index in [1.807, 2.05) is 19.2 Å². The smallest absolute Gasteiger partial charge is 0.253 e. The minimum atomic E-state index is -0.530. The number of hydrogen-bond acceptors (Lipinski definition) is 4. The second-order valence-electron chi connectivity index (χ2n) is 4.27. The first-order valence-electron chi connectivity index (χ1n) is 5.33. The van der Waals surface area contributed by atoms with Crippen LogP contribution in [0.15, 0.2) is 30.0 Å². The number of carbonyl (C=O) groups excluding carboxylic acids is 1. The lowest BCUT2D eigenvalue weighted by Gasteiger charge is -2.24. The molecule has 1 amide bonds. The number of halogens is 1. The Balaban J connectivity index is 2.20. The minimum absolute atomic E-state index is 0.234. The number of aromatic nitrogens is 2. The molecule has 0 aromatic carbocycles. The molecule has 0 atom stereocenters. The highest BCUT2D eigenvalue weighted by molar-refractivity contribution is 7.09. The van der Waals surface area contributed by atoms with Crippen LogP contribution < -0.4 is 5.32 Å². The Kier molecular flexibility index (Phi) is 3.63. The first-order chi connectivity index (χ1) is 8.50. The zero-order chi connectivity index (χ0) is 13.2. The monoisotopic (exact) mass is 281 g/mol. The summed E-state index contributed by atoms with van der Waals surface area (Å²) in [6.07, 6.45) is 4.71. The third-order valence-electron chi connectivity index (χ3n) is 2.41. The van der Waals surface area contributed by atoms with Crippen LogP contribution in [0.1, 0.15) is 29.2 Å². The molecule has 1 N–H and O–H groups in total. The van der Waals surface area contributed by atoms with Gasteiger partial charge in [-0.1, -0.05) is 11.6 Å². The predicted molar refractivity (Wildman–Crippen MR) is 71.9 cm³/mol. The van der Waals surface area contributed by atoms with Gasteiger partial charge < -0.3 is 5.32 Å². The van der Waals surface area contributed by atoms with Crippen molar-refractivity contribution in [2.45, 2.75) is 19.4 Å². The molecule has 2 aromatic heterocycles. The summed E-state index contributed by atoms with van der Waals surface area (Å²) in [5, 5.41) is 5.98. The van der Waals surface area contributed by atoms with E-state index in [-0.39, 0.29) is 5.91 Å². The van der Waals surface area contributed by atoms with Gasteiger partial charge in [0.1, 0.15) is 5.01 Å². The first kappa shape index (κ1) is 13.0. The van der Waals surface area contributed by atoms with Crippen LogP contribution in [0.4, 0.5) is 0 Å². The molecule has 0 aliphatic carbocycles. The van der Waals surface area contributed by atoms with Gasteiger partial charge in [0.2, 0.25) is 0 Å². The van der Waals surface area contributed by atoms with Crippen molar-refractivity contribution in [1.82, 2.24) is 15.3 Å². The summed E-state index contributed by atoms with van der Waals surface area (Å²) in [5.41, 5.74) is -0.117. The van der Waals surface area contributed by atoms with Crippen molar-refractivity contribution in [1.29, 1.82) is 0 Å². The van der Waals surface area contributed by atoms with Crippen molar-refractivity contribution < 1.29 is 4.79 Å². The molecule has 0 aliphatic rings. The summed E-state index contributed by atoms with van der Waals surface area (Å²) in [7, 11) is 0. The third kappa shape index (κ3) is 2.68. The van der Waals surface area contributed by atoms with E-state index in [9.17, 15) is 4.79 Å². The van der Waals surface area contributed by atoms with Crippen molar-refractivity contribution in [3.05, 3.63) is 45.6 Å². The van der Waals surface area contributed by atoms with E-state index in [1.54, 1.807) is 12.3 Å². The predicted octanol–water partition coefficient (Wildman–Crippen LogP) is 2.86. The van der Waals surface area contributed by atoms with E-state index in [0.717, 1.165) is 5.01 Å². The molecule has 0 saturated heterocycles. The number of thiazole rings is 1. The van der Waals surface area contributed by atoms with Crippen LogP contribution in [0, 0.1) is 0 Å². The lowest BCUT2D eigenvalue weighted by Crippen LogP contribution is -2.41.